The van der Waals surface area contributed by atoms with Crippen molar-refractivity contribution in [3.63, 3.8) is 0 Å². The lowest BCUT2D eigenvalue weighted by Gasteiger charge is -2.19. The van der Waals surface area contributed by atoms with E-state index in [1.807, 2.05) is 31.7 Å². The number of anilines is 1. The Labute approximate surface area is 153 Å². The van der Waals surface area contributed by atoms with Gasteiger partial charge < -0.3 is 20.1 Å². The summed E-state index contributed by atoms with van der Waals surface area (Å²) in [7, 11) is 2.02. The third-order valence-corrected chi connectivity index (χ3v) is 5.54. The number of hydrogen-bond acceptors (Lipinski definition) is 5. The van der Waals surface area contributed by atoms with Gasteiger partial charge in [0.25, 0.3) is 5.91 Å². The number of aryl methyl sites for hydroxylation is 1. The van der Waals surface area contributed by atoms with Crippen LogP contribution >= 0.6 is 0 Å². The van der Waals surface area contributed by atoms with Crippen LogP contribution in [-0.4, -0.2) is 53.2 Å². The van der Waals surface area contributed by atoms with Gasteiger partial charge in [0.2, 0.25) is 0 Å². The first kappa shape index (κ1) is 17.0. The molecule has 1 amide bonds. The van der Waals surface area contributed by atoms with Gasteiger partial charge in [-0.2, -0.15) is 0 Å². The summed E-state index contributed by atoms with van der Waals surface area (Å²) in [5.41, 5.74) is 1.84. The largest absolute Gasteiger partial charge is 0.357 e. The molecule has 2 aliphatic heterocycles. The van der Waals surface area contributed by atoms with E-state index in [2.05, 4.69) is 30.1 Å². The average Bonchev–Trinajstić information content (AvgIpc) is 3.41. The molecule has 7 nitrogen and oxygen atoms in total. The third-order valence-electron chi connectivity index (χ3n) is 5.54. The molecule has 0 spiro atoms. The minimum atomic E-state index is -0.0545. The van der Waals surface area contributed by atoms with Crippen molar-refractivity contribution in [1.29, 1.82) is 0 Å². The Bertz CT molecular complexity index is 750. The van der Waals surface area contributed by atoms with Crippen LogP contribution in [0.1, 0.15) is 34.8 Å². The highest BCUT2D eigenvalue weighted by Crippen LogP contribution is 2.27. The number of amides is 1. The molecule has 138 valence electrons. The van der Waals surface area contributed by atoms with Gasteiger partial charge in [-0.1, -0.05) is 0 Å². The minimum absolute atomic E-state index is 0.0545. The summed E-state index contributed by atoms with van der Waals surface area (Å²) in [6.07, 6.45) is 7.88. The van der Waals surface area contributed by atoms with E-state index in [0.29, 0.717) is 23.9 Å². The highest BCUT2D eigenvalue weighted by molar-refractivity contribution is 5.94. The van der Waals surface area contributed by atoms with Gasteiger partial charge in [0, 0.05) is 63.8 Å². The summed E-state index contributed by atoms with van der Waals surface area (Å²) in [6.45, 7) is 4.59. The summed E-state index contributed by atoms with van der Waals surface area (Å²) in [5.74, 6) is 1.65. The SMILES string of the molecule is Cn1cncc1[C@@H]1CNC[C@H]1CNC(=O)c1ccc(N2CCCC2)nc1. The van der Waals surface area contributed by atoms with Gasteiger partial charge in [0.05, 0.1) is 11.9 Å². The molecule has 2 N–H and O–H groups in total. The quantitative estimate of drug-likeness (QED) is 0.842. The van der Waals surface area contributed by atoms with Crippen LogP contribution in [0.2, 0.25) is 0 Å². The highest BCUT2D eigenvalue weighted by atomic mass is 16.1. The van der Waals surface area contributed by atoms with Crippen molar-refractivity contribution in [3.8, 4) is 0 Å². The Balaban J connectivity index is 1.35. The van der Waals surface area contributed by atoms with Crippen LogP contribution < -0.4 is 15.5 Å². The zero-order chi connectivity index (χ0) is 17.9. The van der Waals surface area contributed by atoms with Gasteiger partial charge in [-0.05, 0) is 30.9 Å². The van der Waals surface area contributed by atoms with E-state index < -0.39 is 0 Å². The van der Waals surface area contributed by atoms with Crippen molar-refractivity contribution in [1.82, 2.24) is 25.2 Å². The molecule has 0 aliphatic carbocycles. The molecule has 4 heterocycles. The van der Waals surface area contributed by atoms with Gasteiger partial charge in [0.1, 0.15) is 5.82 Å². The number of hydrogen-bond donors (Lipinski definition) is 2. The summed E-state index contributed by atoms with van der Waals surface area (Å²) in [4.78, 5) is 23.4. The highest BCUT2D eigenvalue weighted by Gasteiger charge is 2.30. The Hall–Kier alpha value is -2.41. The van der Waals surface area contributed by atoms with E-state index in [-0.39, 0.29) is 5.91 Å². The molecule has 2 aliphatic rings. The Kier molecular flexibility index (Phi) is 4.88. The van der Waals surface area contributed by atoms with Gasteiger partial charge in [0.15, 0.2) is 0 Å². The second kappa shape index (κ2) is 7.45. The van der Waals surface area contributed by atoms with Crippen LogP contribution in [0.15, 0.2) is 30.9 Å². The van der Waals surface area contributed by atoms with E-state index >= 15 is 0 Å². The first-order chi connectivity index (χ1) is 12.7. The van der Waals surface area contributed by atoms with Crippen molar-refractivity contribution in [2.45, 2.75) is 18.8 Å². The zero-order valence-electron chi connectivity index (χ0n) is 15.2. The van der Waals surface area contributed by atoms with Crippen LogP contribution in [0, 0.1) is 5.92 Å². The fraction of sp³-hybridized carbons (Fsp3) is 0.526. The predicted octanol–water partition coefficient (Wildman–Crippen LogP) is 1.15. The number of carbonyl (C=O) groups is 1. The lowest BCUT2D eigenvalue weighted by Crippen LogP contribution is -2.32. The van der Waals surface area contributed by atoms with E-state index in [1.54, 1.807) is 6.20 Å². The maximum Gasteiger partial charge on any atom is 0.252 e. The molecule has 2 saturated heterocycles. The van der Waals surface area contributed by atoms with Crippen molar-refractivity contribution in [2.24, 2.45) is 13.0 Å². The molecular weight excluding hydrogens is 328 g/mol. The standard InChI is InChI=1S/C19H26N6O/c1-24-13-21-12-17(24)16-11-20-8-15(16)10-23-19(26)14-4-5-18(22-9-14)25-6-2-3-7-25/h4-5,9,12-13,15-16,20H,2-3,6-8,10-11H2,1H3,(H,23,26)/t15-,16+/m0/s1. The molecule has 26 heavy (non-hydrogen) atoms. The first-order valence-electron chi connectivity index (χ1n) is 9.38. The van der Waals surface area contributed by atoms with E-state index in [0.717, 1.165) is 32.0 Å². The first-order valence-corrected chi connectivity index (χ1v) is 9.38. The van der Waals surface area contributed by atoms with E-state index in [1.165, 1.54) is 18.5 Å². The maximum atomic E-state index is 12.5. The van der Waals surface area contributed by atoms with Gasteiger partial charge in [-0.25, -0.2) is 9.97 Å². The van der Waals surface area contributed by atoms with Crippen molar-refractivity contribution in [2.75, 3.05) is 37.6 Å². The molecule has 2 aromatic heterocycles. The van der Waals surface area contributed by atoms with Crippen molar-refractivity contribution >= 4 is 11.7 Å². The molecular formula is C19H26N6O. The molecule has 0 aromatic carbocycles. The number of aromatic nitrogens is 3. The Morgan fingerprint density at radius 3 is 2.81 bits per heavy atom. The third kappa shape index (κ3) is 3.44. The van der Waals surface area contributed by atoms with E-state index in [9.17, 15) is 4.79 Å². The molecule has 7 heteroatoms. The number of nitrogens with zero attached hydrogens (tertiary/aromatic N) is 4. The number of pyridine rings is 1. The molecule has 2 atom stereocenters. The molecule has 4 rings (SSSR count). The molecule has 0 saturated carbocycles. The molecule has 0 radical (unpaired) electrons. The van der Waals surface area contributed by atoms with Gasteiger partial charge >= 0.3 is 0 Å². The summed E-state index contributed by atoms with van der Waals surface area (Å²) in [5, 5.41) is 6.51. The second-order valence-electron chi connectivity index (χ2n) is 7.26. The number of imidazole rings is 1. The lowest BCUT2D eigenvalue weighted by atomic mass is 9.93. The van der Waals surface area contributed by atoms with Gasteiger partial charge in [-0.15, -0.1) is 0 Å². The fourth-order valence-electron chi connectivity index (χ4n) is 4.00. The number of rotatable bonds is 5. The Morgan fingerprint density at radius 1 is 1.27 bits per heavy atom. The second-order valence-corrected chi connectivity index (χ2v) is 7.26. The van der Waals surface area contributed by atoms with Crippen LogP contribution in [0.3, 0.4) is 0 Å². The van der Waals surface area contributed by atoms with Crippen LogP contribution in [0.5, 0.6) is 0 Å². The monoisotopic (exact) mass is 354 g/mol. The molecule has 2 fully saturated rings. The summed E-state index contributed by atoms with van der Waals surface area (Å²) in [6, 6.07) is 3.83. The zero-order valence-corrected chi connectivity index (χ0v) is 15.2. The summed E-state index contributed by atoms with van der Waals surface area (Å²) < 4.78 is 2.06. The molecule has 0 bridgehead atoms. The molecule has 2 aromatic rings. The van der Waals surface area contributed by atoms with Crippen LogP contribution in [0.25, 0.3) is 0 Å². The van der Waals surface area contributed by atoms with Crippen LogP contribution in [-0.2, 0) is 7.05 Å². The van der Waals surface area contributed by atoms with E-state index in [4.69, 9.17) is 0 Å². The minimum Gasteiger partial charge on any atom is -0.357 e. The topological polar surface area (TPSA) is 75.1 Å². The van der Waals surface area contributed by atoms with Crippen molar-refractivity contribution < 1.29 is 4.79 Å². The van der Waals surface area contributed by atoms with Crippen molar-refractivity contribution in [3.05, 3.63) is 42.1 Å². The predicted molar refractivity (Wildman–Crippen MR) is 100 cm³/mol. The fourth-order valence-corrected chi connectivity index (χ4v) is 4.00. The summed E-state index contributed by atoms with van der Waals surface area (Å²) >= 11 is 0. The normalized spacial score (nSPS) is 22.7. The molecule has 0 unspecified atom stereocenters. The number of carbonyl (C=O) groups excluding carboxylic acids is 1. The van der Waals surface area contributed by atoms with Crippen LogP contribution in [0.4, 0.5) is 5.82 Å². The smallest absolute Gasteiger partial charge is 0.252 e. The average molecular weight is 354 g/mol. The maximum absolute atomic E-state index is 12.5. The van der Waals surface area contributed by atoms with Gasteiger partial charge in [-0.3, -0.25) is 4.79 Å². The number of nitrogens with one attached hydrogen (secondary N) is 2. The Morgan fingerprint density at radius 2 is 2.12 bits per heavy atom. The lowest BCUT2D eigenvalue weighted by molar-refractivity contribution is 0.0946.